The number of carbonyl (C=O) groups is 6. The number of thiazole rings is 2. The molecule has 5 aromatic rings. The summed E-state index contributed by atoms with van der Waals surface area (Å²) in [6.45, 7) is 17.8. The van der Waals surface area contributed by atoms with Crippen LogP contribution in [-0.4, -0.2) is 99.4 Å². The molecule has 7 rings (SSSR count). The normalized spacial score (nSPS) is 19.8. The smallest absolute Gasteiger partial charge is 0.251 e. The molecule has 0 bridgehead atoms. The predicted molar refractivity (Wildman–Crippen MR) is 284 cm³/mol. The molecule has 382 valence electrons. The van der Waals surface area contributed by atoms with E-state index in [0.717, 1.165) is 32.5 Å². The topological polar surface area (TPSA) is 183 Å². The van der Waals surface area contributed by atoms with Crippen LogP contribution in [0.5, 0.6) is 0 Å². The van der Waals surface area contributed by atoms with Crippen LogP contribution in [0.1, 0.15) is 131 Å². The van der Waals surface area contributed by atoms with E-state index in [2.05, 4.69) is 21.3 Å². The molecule has 4 heterocycles. The molecule has 3 aromatic carbocycles. The minimum Gasteiger partial charge on any atom is -0.347 e. The number of ketones is 1. The SMILES string of the molecule is CC[C@@H](C)C(=O)N[C@H](C(=O)N1C[C@@H](NC(=O)c2ccc(C(=O)N[C@H]3C[C@@H](c4nc(-c5ccccc5)cs4)N(C(=O)[C@@H](CC(=O)[C@H](C)NC)C(C)(C)C)C3)cc2)C[C@H]1c1nc(-c2ccccc2)cs1)C(C)(C)C. The Labute approximate surface area is 432 Å². The van der Waals surface area contributed by atoms with Crippen LogP contribution in [-0.2, 0) is 19.2 Å². The number of carbonyl (C=O) groups excluding carboxylic acids is 6. The van der Waals surface area contributed by atoms with Gasteiger partial charge in [0.25, 0.3) is 11.8 Å². The van der Waals surface area contributed by atoms with E-state index in [0.29, 0.717) is 30.4 Å². The molecule has 0 radical (unpaired) electrons. The van der Waals surface area contributed by atoms with Gasteiger partial charge in [-0.2, -0.15) is 0 Å². The second kappa shape index (κ2) is 22.8. The molecule has 14 nitrogen and oxygen atoms in total. The molecule has 72 heavy (non-hydrogen) atoms. The lowest BCUT2D eigenvalue weighted by Crippen LogP contribution is -2.55. The van der Waals surface area contributed by atoms with Crippen molar-refractivity contribution in [1.82, 2.24) is 41.0 Å². The third kappa shape index (κ3) is 12.6. The standard InChI is InChI=1S/C56H70N8O6S2/c1-11-33(2)48(66)62-47(56(7,8)9)54(70)64-30-40(27-45(64)52-61-43(32-72-52)36-20-16-13-17-21-36)59-50(68)38-24-22-37(23-25-38)49(67)58-39-26-44(51-60-42(31-71-51)35-18-14-12-15-19-35)63(29-39)53(69)41(55(4,5)6)28-46(65)34(3)57-10/h12-25,31-34,39-41,44-45,47,57H,11,26-30H2,1-10H3,(H,58,67)(H,59,68)(H,62,66)/t33-,34+,39+,40+,41-,44+,45+,47-/m1/s1. The minimum atomic E-state index is -0.815. The summed E-state index contributed by atoms with van der Waals surface area (Å²) in [6.07, 6.45) is 1.55. The molecule has 2 fully saturated rings. The maximum Gasteiger partial charge on any atom is 0.251 e. The van der Waals surface area contributed by atoms with Gasteiger partial charge in [-0.25, -0.2) is 9.97 Å². The van der Waals surface area contributed by atoms with E-state index >= 15 is 0 Å². The molecule has 2 aliphatic heterocycles. The van der Waals surface area contributed by atoms with E-state index in [9.17, 15) is 28.8 Å². The number of Topliss-reactive ketones (excluding diaryl/α,β-unsaturated/α-hetero) is 1. The number of hydrogen-bond acceptors (Lipinski definition) is 11. The van der Waals surface area contributed by atoms with Crippen LogP contribution in [0.15, 0.2) is 95.7 Å². The summed E-state index contributed by atoms with van der Waals surface area (Å²) in [5.41, 5.74) is 3.07. The average molecular weight is 1020 g/mol. The van der Waals surface area contributed by atoms with Gasteiger partial charge >= 0.3 is 0 Å². The lowest BCUT2D eigenvalue weighted by Gasteiger charge is -2.36. The predicted octanol–water partition coefficient (Wildman–Crippen LogP) is 8.88. The van der Waals surface area contributed by atoms with Gasteiger partial charge < -0.3 is 31.1 Å². The molecule has 2 saturated heterocycles. The van der Waals surface area contributed by atoms with E-state index < -0.39 is 53.0 Å². The Hall–Kier alpha value is -6.10. The van der Waals surface area contributed by atoms with Gasteiger partial charge in [0.1, 0.15) is 21.8 Å². The van der Waals surface area contributed by atoms with Crippen LogP contribution in [0.3, 0.4) is 0 Å². The molecule has 16 heteroatoms. The fourth-order valence-corrected chi connectivity index (χ4v) is 11.2. The molecule has 8 atom stereocenters. The average Bonchev–Trinajstić information content (AvgIpc) is 4.21. The zero-order valence-corrected chi connectivity index (χ0v) is 44.8. The van der Waals surface area contributed by atoms with Crippen LogP contribution >= 0.6 is 22.7 Å². The van der Waals surface area contributed by atoms with Gasteiger partial charge in [-0.15, -0.1) is 22.7 Å². The van der Waals surface area contributed by atoms with Crippen molar-refractivity contribution in [2.24, 2.45) is 22.7 Å². The fraction of sp³-hybridized carbons (Fsp3) is 0.464. The lowest BCUT2D eigenvalue weighted by atomic mass is 9.76. The maximum atomic E-state index is 14.7. The summed E-state index contributed by atoms with van der Waals surface area (Å²) in [6, 6.07) is 23.2. The Kier molecular flexibility index (Phi) is 17.0. The van der Waals surface area contributed by atoms with Gasteiger partial charge in [-0.1, -0.05) is 116 Å². The number of hydrogen-bond donors (Lipinski definition) is 4. The summed E-state index contributed by atoms with van der Waals surface area (Å²) >= 11 is 2.94. The Bertz CT molecular complexity index is 2530. The molecule has 0 unspecified atom stereocenters. The van der Waals surface area contributed by atoms with E-state index in [1.165, 1.54) is 22.7 Å². The Morgan fingerprint density at radius 3 is 1.50 bits per heavy atom. The quantitative estimate of drug-likeness (QED) is 0.0707. The second-order valence-corrected chi connectivity index (χ2v) is 23.3. The zero-order chi connectivity index (χ0) is 52.1. The molecule has 0 aliphatic carbocycles. The zero-order valence-electron chi connectivity index (χ0n) is 43.2. The maximum absolute atomic E-state index is 14.7. The highest BCUT2D eigenvalue weighted by Crippen LogP contribution is 2.41. The number of benzene rings is 3. The number of rotatable bonds is 17. The molecular weight excluding hydrogens is 945 g/mol. The Morgan fingerprint density at radius 2 is 1.10 bits per heavy atom. The van der Waals surface area contributed by atoms with Gasteiger partial charge in [-0.05, 0) is 68.3 Å². The molecule has 5 amide bonds. The van der Waals surface area contributed by atoms with Crippen molar-refractivity contribution in [2.75, 3.05) is 20.1 Å². The third-order valence-electron chi connectivity index (χ3n) is 14.1. The highest BCUT2D eigenvalue weighted by Gasteiger charge is 2.46. The van der Waals surface area contributed by atoms with Crippen molar-refractivity contribution < 1.29 is 28.8 Å². The molecule has 0 saturated carbocycles. The number of aromatic nitrogens is 2. The van der Waals surface area contributed by atoms with Gasteiger partial charge in [0, 0.05) is 76.4 Å². The van der Waals surface area contributed by atoms with E-state index in [-0.39, 0.29) is 60.7 Å². The largest absolute Gasteiger partial charge is 0.347 e. The summed E-state index contributed by atoms with van der Waals surface area (Å²) < 4.78 is 0. The number of nitrogens with one attached hydrogen (secondary N) is 4. The molecule has 0 spiro atoms. The lowest BCUT2D eigenvalue weighted by molar-refractivity contribution is -0.143. The van der Waals surface area contributed by atoms with Crippen molar-refractivity contribution in [3.05, 3.63) is 117 Å². The van der Waals surface area contributed by atoms with Crippen LogP contribution in [0.25, 0.3) is 22.5 Å². The number of nitrogens with zero attached hydrogens (tertiary/aromatic N) is 4. The van der Waals surface area contributed by atoms with Crippen LogP contribution in [0.4, 0.5) is 0 Å². The number of amides is 5. The number of likely N-dealkylation sites (tertiary alicyclic amines) is 2. The van der Waals surface area contributed by atoms with Gasteiger partial charge in [0.2, 0.25) is 17.7 Å². The molecular formula is C56H70N8O6S2. The van der Waals surface area contributed by atoms with E-state index in [1.54, 1.807) is 48.0 Å². The van der Waals surface area contributed by atoms with E-state index in [4.69, 9.17) is 9.97 Å². The summed E-state index contributed by atoms with van der Waals surface area (Å²) in [5.74, 6) is -2.20. The summed E-state index contributed by atoms with van der Waals surface area (Å²) in [4.78, 5) is 97.4. The molecule has 2 aromatic heterocycles. The van der Waals surface area contributed by atoms with Gasteiger partial charge in [0.05, 0.1) is 29.5 Å². The van der Waals surface area contributed by atoms with Crippen LogP contribution in [0.2, 0.25) is 0 Å². The van der Waals surface area contributed by atoms with E-state index in [1.807, 2.05) is 127 Å². The molecule has 2 aliphatic rings. The first kappa shape index (κ1) is 53.7. The number of likely N-dealkylation sites (N-methyl/N-ethyl adjacent to an activating group) is 1. The van der Waals surface area contributed by atoms with Crippen molar-refractivity contribution >= 4 is 58.0 Å². The first-order valence-corrected chi connectivity index (χ1v) is 26.8. The van der Waals surface area contributed by atoms with Crippen molar-refractivity contribution in [3.63, 3.8) is 0 Å². The van der Waals surface area contributed by atoms with Crippen molar-refractivity contribution in [2.45, 2.75) is 124 Å². The first-order valence-electron chi connectivity index (χ1n) is 25.0. The van der Waals surface area contributed by atoms with Crippen LogP contribution < -0.4 is 21.3 Å². The van der Waals surface area contributed by atoms with Crippen molar-refractivity contribution in [1.29, 1.82) is 0 Å². The van der Waals surface area contributed by atoms with Crippen LogP contribution in [0, 0.1) is 22.7 Å². The third-order valence-corrected chi connectivity index (χ3v) is 16.0. The van der Waals surface area contributed by atoms with Gasteiger partial charge in [-0.3, -0.25) is 28.8 Å². The van der Waals surface area contributed by atoms with Gasteiger partial charge in [0.15, 0.2) is 0 Å². The molecule has 4 N–H and O–H groups in total. The summed E-state index contributed by atoms with van der Waals surface area (Å²) in [7, 11) is 1.73. The Morgan fingerprint density at radius 1 is 0.653 bits per heavy atom. The fourth-order valence-electron chi connectivity index (χ4n) is 9.30. The summed E-state index contributed by atoms with van der Waals surface area (Å²) in [5, 5.41) is 17.8. The monoisotopic (exact) mass is 1010 g/mol. The Balaban J connectivity index is 1.07. The minimum absolute atomic E-state index is 0.0460. The van der Waals surface area contributed by atoms with Crippen molar-refractivity contribution in [3.8, 4) is 22.5 Å². The second-order valence-electron chi connectivity index (χ2n) is 21.5. The first-order chi connectivity index (χ1) is 34.2. The highest BCUT2D eigenvalue weighted by molar-refractivity contribution is 7.10. The highest BCUT2D eigenvalue weighted by atomic mass is 32.1.